The summed E-state index contributed by atoms with van der Waals surface area (Å²) in [4.78, 5) is 25.2. The number of aromatic nitrogens is 3. The zero-order valence-electron chi connectivity index (χ0n) is 14.2. The Labute approximate surface area is 155 Å². The molecule has 0 unspecified atom stereocenters. The Balaban J connectivity index is 1.70. The lowest BCUT2D eigenvalue weighted by Gasteiger charge is -2.12. The second-order valence-corrected chi connectivity index (χ2v) is 6.61. The molecule has 1 amide bonds. The van der Waals surface area contributed by atoms with Gasteiger partial charge < -0.3 is 5.32 Å². The van der Waals surface area contributed by atoms with Crippen molar-refractivity contribution in [2.24, 2.45) is 7.05 Å². The van der Waals surface area contributed by atoms with E-state index in [0.717, 1.165) is 17.0 Å². The summed E-state index contributed by atoms with van der Waals surface area (Å²) in [6.45, 7) is 0.00377. The number of rotatable bonds is 5. The quantitative estimate of drug-likeness (QED) is 0.721. The van der Waals surface area contributed by atoms with E-state index in [0.29, 0.717) is 5.82 Å². The third-order valence-electron chi connectivity index (χ3n) is 3.87. The first-order chi connectivity index (χ1) is 12.8. The van der Waals surface area contributed by atoms with E-state index >= 15 is 0 Å². The van der Waals surface area contributed by atoms with Crippen LogP contribution in [0.1, 0.15) is 15.9 Å². The van der Waals surface area contributed by atoms with Crippen LogP contribution in [-0.2, 0) is 19.8 Å². The predicted octanol–water partition coefficient (Wildman–Crippen LogP) is 2.76. The van der Waals surface area contributed by atoms with Gasteiger partial charge in [-0.25, -0.2) is 9.48 Å². The lowest BCUT2D eigenvalue weighted by molar-refractivity contribution is -0.137. The SMILES string of the molecule is Cn1c(-c2cccs2)nn(CCNC(=O)c2ccccc2C(F)(F)F)c1=O. The summed E-state index contributed by atoms with van der Waals surface area (Å²) < 4.78 is 41.5. The van der Waals surface area contributed by atoms with Crippen LogP contribution in [0, 0.1) is 0 Å². The van der Waals surface area contributed by atoms with E-state index in [4.69, 9.17) is 0 Å². The monoisotopic (exact) mass is 396 g/mol. The van der Waals surface area contributed by atoms with Gasteiger partial charge in [-0.1, -0.05) is 18.2 Å². The molecule has 0 aliphatic heterocycles. The van der Waals surface area contributed by atoms with Crippen LogP contribution in [-0.4, -0.2) is 26.8 Å². The molecule has 0 aliphatic carbocycles. The van der Waals surface area contributed by atoms with Gasteiger partial charge in [-0.3, -0.25) is 9.36 Å². The van der Waals surface area contributed by atoms with Crippen LogP contribution in [0.15, 0.2) is 46.6 Å². The van der Waals surface area contributed by atoms with Crippen molar-refractivity contribution in [1.29, 1.82) is 0 Å². The molecule has 0 bridgehead atoms. The molecule has 0 fully saturated rings. The lowest BCUT2D eigenvalue weighted by atomic mass is 10.1. The fraction of sp³-hybridized carbons (Fsp3) is 0.235. The highest BCUT2D eigenvalue weighted by molar-refractivity contribution is 7.13. The molecule has 1 N–H and O–H groups in total. The van der Waals surface area contributed by atoms with Crippen LogP contribution >= 0.6 is 11.3 Å². The van der Waals surface area contributed by atoms with Gasteiger partial charge in [0.2, 0.25) is 0 Å². The average Bonchev–Trinajstić information content (AvgIpc) is 3.25. The molecule has 0 saturated heterocycles. The number of thiophene rings is 1. The Bertz CT molecular complexity index is 1010. The minimum atomic E-state index is -4.62. The van der Waals surface area contributed by atoms with Crippen LogP contribution < -0.4 is 11.0 Å². The summed E-state index contributed by atoms with van der Waals surface area (Å²) in [7, 11) is 1.58. The zero-order valence-corrected chi connectivity index (χ0v) is 15.0. The summed E-state index contributed by atoms with van der Waals surface area (Å²) in [5, 5.41) is 8.49. The van der Waals surface area contributed by atoms with Crippen molar-refractivity contribution in [3.63, 3.8) is 0 Å². The molecule has 0 aliphatic rings. The fourth-order valence-electron chi connectivity index (χ4n) is 2.55. The second-order valence-electron chi connectivity index (χ2n) is 5.66. The number of amides is 1. The van der Waals surface area contributed by atoms with E-state index in [2.05, 4.69) is 10.4 Å². The topological polar surface area (TPSA) is 68.9 Å². The standard InChI is InChI=1S/C17H15F3N4O2S/c1-23-14(13-7-4-10-27-13)22-24(16(23)26)9-8-21-15(25)11-5-2-3-6-12(11)17(18,19)20/h2-7,10H,8-9H2,1H3,(H,21,25). The number of nitrogens with one attached hydrogen (secondary N) is 1. The molecular weight excluding hydrogens is 381 g/mol. The highest BCUT2D eigenvalue weighted by atomic mass is 32.1. The van der Waals surface area contributed by atoms with Crippen LogP contribution in [0.5, 0.6) is 0 Å². The zero-order chi connectivity index (χ0) is 19.6. The summed E-state index contributed by atoms with van der Waals surface area (Å²) >= 11 is 1.43. The average molecular weight is 396 g/mol. The first-order valence-corrected chi connectivity index (χ1v) is 8.79. The van der Waals surface area contributed by atoms with Crippen LogP contribution in [0.2, 0.25) is 0 Å². The van der Waals surface area contributed by atoms with Gasteiger partial charge in [0.25, 0.3) is 5.91 Å². The number of hydrogen-bond acceptors (Lipinski definition) is 4. The maximum Gasteiger partial charge on any atom is 0.417 e. The maximum atomic E-state index is 13.0. The minimum Gasteiger partial charge on any atom is -0.350 e. The maximum absolute atomic E-state index is 13.0. The second kappa shape index (κ2) is 7.39. The molecule has 0 saturated carbocycles. The number of benzene rings is 1. The Morgan fingerprint density at radius 1 is 1.22 bits per heavy atom. The van der Waals surface area contributed by atoms with Crippen LogP contribution in [0.4, 0.5) is 13.2 Å². The number of nitrogens with zero attached hydrogens (tertiary/aromatic N) is 3. The van der Waals surface area contributed by atoms with Crippen molar-refractivity contribution in [2.45, 2.75) is 12.7 Å². The summed E-state index contributed by atoms with van der Waals surface area (Å²) in [6.07, 6.45) is -4.62. The molecule has 0 atom stereocenters. The molecule has 6 nitrogen and oxygen atoms in total. The Morgan fingerprint density at radius 3 is 2.63 bits per heavy atom. The van der Waals surface area contributed by atoms with Crippen LogP contribution in [0.25, 0.3) is 10.7 Å². The first kappa shape index (κ1) is 18.9. The number of carbonyl (C=O) groups is 1. The highest BCUT2D eigenvalue weighted by Crippen LogP contribution is 2.31. The summed E-state index contributed by atoms with van der Waals surface area (Å²) in [5.41, 5.74) is -1.83. The molecule has 142 valence electrons. The largest absolute Gasteiger partial charge is 0.417 e. The predicted molar refractivity (Wildman–Crippen MR) is 94.6 cm³/mol. The van der Waals surface area contributed by atoms with Gasteiger partial charge in [0, 0.05) is 13.6 Å². The van der Waals surface area contributed by atoms with E-state index in [1.165, 1.54) is 32.7 Å². The van der Waals surface area contributed by atoms with Crippen molar-refractivity contribution in [2.75, 3.05) is 6.54 Å². The smallest absolute Gasteiger partial charge is 0.350 e. The highest BCUT2D eigenvalue weighted by Gasteiger charge is 2.34. The van der Waals surface area contributed by atoms with Crippen LogP contribution in [0.3, 0.4) is 0 Å². The van der Waals surface area contributed by atoms with Gasteiger partial charge >= 0.3 is 11.9 Å². The van der Waals surface area contributed by atoms with Gasteiger partial charge in [0.05, 0.1) is 22.5 Å². The van der Waals surface area contributed by atoms with E-state index in [-0.39, 0.29) is 18.8 Å². The molecule has 2 aromatic heterocycles. The number of alkyl halides is 3. The lowest BCUT2D eigenvalue weighted by Crippen LogP contribution is -2.32. The molecule has 2 heterocycles. The number of hydrogen-bond donors (Lipinski definition) is 1. The molecule has 0 spiro atoms. The minimum absolute atomic E-state index is 0.0359. The Kier molecular flexibility index (Phi) is 5.17. The van der Waals surface area contributed by atoms with Gasteiger partial charge in [0.15, 0.2) is 5.82 Å². The van der Waals surface area contributed by atoms with Crippen molar-refractivity contribution in [3.8, 4) is 10.7 Å². The molecule has 1 aromatic carbocycles. The van der Waals surface area contributed by atoms with E-state index in [9.17, 15) is 22.8 Å². The fourth-order valence-corrected chi connectivity index (χ4v) is 3.30. The first-order valence-electron chi connectivity index (χ1n) is 7.91. The van der Waals surface area contributed by atoms with Gasteiger partial charge in [-0.2, -0.15) is 13.2 Å². The van der Waals surface area contributed by atoms with Gasteiger partial charge in [0.1, 0.15) is 0 Å². The van der Waals surface area contributed by atoms with Gasteiger partial charge in [-0.15, -0.1) is 16.4 Å². The third kappa shape index (κ3) is 3.95. The summed E-state index contributed by atoms with van der Waals surface area (Å²) in [5.74, 6) is -0.367. The Morgan fingerprint density at radius 2 is 1.96 bits per heavy atom. The molecule has 0 radical (unpaired) electrons. The molecule has 27 heavy (non-hydrogen) atoms. The van der Waals surface area contributed by atoms with Crippen molar-refractivity contribution < 1.29 is 18.0 Å². The van der Waals surface area contributed by atoms with Crippen molar-refractivity contribution >= 4 is 17.2 Å². The normalized spacial score (nSPS) is 11.6. The number of halogens is 3. The molecule has 3 aromatic rings. The van der Waals surface area contributed by atoms with Crippen molar-refractivity contribution in [1.82, 2.24) is 19.7 Å². The van der Waals surface area contributed by atoms with E-state index in [1.54, 1.807) is 7.05 Å². The molecule has 10 heteroatoms. The molecule has 3 rings (SSSR count). The Hall–Kier alpha value is -2.88. The molecular formula is C17H15F3N4O2S. The van der Waals surface area contributed by atoms with Gasteiger partial charge in [-0.05, 0) is 23.6 Å². The summed E-state index contributed by atoms with van der Waals surface area (Å²) in [6, 6.07) is 8.21. The number of carbonyl (C=O) groups excluding carboxylic acids is 1. The van der Waals surface area contributed by atoms with Crippen molar-refractivity contribution in [3.05, 3.63) is 63.4 Å². The van der Waals surface area contributed by atoms with E-state index < -0.39 is 23.2 Å². The van der Waals surface area contributed by atoms with E-state index in [1.807, 2.05) is 17.5 Å². The third-order valence-corrected chi connectivity index (χ3v) is 4.73.